The molecular formula is C17H23N3O2. The van der Waals surface area contributed by atoms with E-state index < -0.39 is 0 Å². The van der Waals surface area contributed by atoms with Gasteiger partial charge in [0.25, 0.3) is 5.91 Å². The van der Waals surface area contributed by atoms with Crippen molar-refractivity contribution in [2.45, 2.75) is 32.6 Å². The fourth-order valence-electron chi connectivity index (χ4n) is 2.86. The van der Waals surface area contributed by atoms with Crippen molar-refractivity contribution in [3.63, 3.8) is 0 Å². The van der Waals surface area contributed by atoms with Crippen LogP contribution in [0.3, 0.4) is 0 Å². The van der Waals surface area contributed by atoms with E-state index in [1.54, 1.807) is 17.2 Å². The van der Waals surface area contributed by atoms with Crippen molar-refractivity contribution in [3.8, 4) is 0 Å². The molecule has 1 aliphatic carbocycles. The summed E-state index contributed by atoms with van der Waals surface area (Å²) in [6.45, 7) is 3.93. The van der Waals surface area contributed by atoms with Crippen LogP contribution in [0.4, 0.5) is 0 Å². The number of aryl methyl sites for hydroxylation is 1. The van der Waals surface area contributed by atoms with Gasteiger partial charge in [0.1, 0.15) is 0 Å². The molecule has 1 aliphatic heterocycles. The molecule has 2 heterocycles. The van der Waals surface area contributed by atoms with E-state index >= 15 is 0 Å². The number of carbonyl (C=O) groups excluding carboxylic acids is 2. The zero-order chi connectivity index (χ0) is 15.5. The van der Waals surface area contributed by atoms with Crippen LogP contribution in [0.2, 0.25) is 0 Å². The summed E-state index contributed by atoms with van der Waals surface area (Å²) in [4.78, 5) is 30.7. The lowest BCUT2D eigenvalue weighted by Crippen LogP contribution is -2.45. The maximum atomic E-state index is 12.5. The lowest BCUT2D eigenvalue weighted by atomic mass is 9.96. The SMILES string of the molecule is Cc1ccc(C(=O)N2CCCC(C(=O)NCC3CC3)C2)cn1. The Morgan fingerprint density at radius 1 is 1.32 bits per heavy atom. The van der Waals surface area contributed by atoms with Crippen LogP contribution >= 0.6 is 0 Å². The molecule has 0 aromatic carbocycles. The fourth-order valence-corrected chi connectivity index (χ4v) is 2.86. The highest BCUT2D eigenvalue weighted by Crippen LogP contribution is 2.28. The van der Waals surface area contributed by atoms with Gasteiger partial charge in [-0.05, 0) is 50.7 Å². The van der Waals surface area contributed by atoms with Crippen molar-refractivity contribution < 1.29 is 9.59 Å². The number of pyridine rings is 1. The first-order valence-corrected chi connectivity index (χ1v) is 8.13. The normalized spacial score (nSPS) is 21.5. The molecule has 1 atom stereocenters. The van der Waals surface area contributed by atoms with E-state index in [2.05, 4.69) is 10.3 Å². The second-order valence-corrected chi connectivity index (χ2v) is 6.47. The number of nitrogens with one attached hydrogen (secondary N) is 1. The molecule has 1 unspecified atom stereocenters. The average Bonchev–Trinajstić information content (AvgIpc) is 3.37. The third kappa shape index (κ3) is 3.64. The largest absolute Gasteiger partial charge is 0.356 e. The van der Waals surface area contributed by atoms with Gasteiger partial charge < -0.3 is 10.2 Å². The van der Waals surface area contributed by atoms with Gasteiger partial charge in [-0.2, -0.15) is 0 Å². The number of hydrogen-bond acceptors (Lipinski definition) is 3. The van der Waals surface area contributed by atoms with E-state index in [0.29, 0.717) is 18.0 Å². The van der Waals surface area contributed by atoms with Crippen molar-refractivity contribution in [1.82, 2.24) is 15.2 Å². The zero-order valence-corrected chi connectivity index (χ0v) is 13.0. The molecule has 2 aliphatic rings. The molecule has 2 amide bonds. The summed E-state index contributed by atoms with van der Waals surface area (Å²) in [5.74, 6) is 0.692. The molecular weight excluding hydrogens is 278 g/mol. The molecule has 1 saturated carbocycles. The maximum Gasteiger partial charge on any atom is 0.255 e. The van der Waals surface area contributed by atoms with E-state index in [1.807, 2.05) is 13.0 Å². The predicted molar refractivity (Wildman–Crippen MR) is 83.3 cm³/mol. The van der Waals surface area contributed by atoms with Gasteiger partial charge in [-0.25, -0.2) is 0 Å². The number of amides is 2. The Hall–Kier alpha value is -1.91. The van der Waals surface area contributed by atoms with Crippen LogP contribution in [0.5, 0.6) is 0 Å². The summed E-state index contributed by atoms with van der Waals surface area (Å²) in [5, 5.41) is 3.03. The van der Waals surface area contributed by atoms with Crippen LogP contribution in [0.1, 0.15) is 41.7 Å². The zero-order valence-electron chi connectivity index (χ0n) is 13.0. The number of carbonyl (C=O) groups is 2. The molecule has 1 N–H and O–H groups in total. The highest BCUT2D eigenvalue weighted by atomic mass is 16.2. The van der Waals surface area contributed by atoms with E-state index in [0.717, 1.165) is 31.6 Å². The Kier molecular flexibility index (Phi) is 4.41. The van der Waals surface area contributed by atoms with Gasteiger partial charge >= 0.3 is 0 Å². The lowest BCUT2D eigenvalue weighted by Gasteiger charge is -2.32. The summed E-state index contributed by atoms with van der Waals surface area (Å²) in [7, 11) is 0. The summed E-state index contributed by atoms with van der Waals surface area (Å²) in [6.07, 6.45) is 5.83. The number of piperidine rings is 1. The van der Waals surface area contributed by atoms with Crippen molar-refractivity contribution >= 4 is 11.8 Å². The van der Waals surface area contributed by atoms with Gasteiger partial charge in [-0.15, -0.1) is 0 Å². The molecule has 0 bridgehead atoms. The van der Waals surface area contributed by atoms with Gasteiger partial charge in [0, 0.05) is 31.5 Å². The van der Waals surface area contributed by atoms with Crippen LogP contribution in [0.25, 0.3) is 0 Å². The summed E-state index contributed by atoms with van der Waals surface area (Å²) in [6, 6.07) is 3.65. The van der Waals surface area contributed by atoms with Gasteiger partial charge in [-0.3, -0.25) is 14.6 Å². The predicted octanol–water partition coefficient (Wildman–Crippen LogP) is 1.77. The standard InChI is InChI=1S/C17H23N3O2/c1-12-4-7-14(10-18-12)17(22)20-8-2-3-15(11-20)16(21)19-9-13-5-6-13/h4,7,10,13,15H,2-3,5-6,8-9,11H2,1H3,(H,19,21). The molecule has 0 spiro atoms. The molecule has 118 valence electrons. The third-order valence-electron chi connectivity index (χ3n) is 4.50. The number of nitrogens with zero attached hydrogens (tertiary/aromatic N) is 2. The van der Waals surface area contributed by atoms with E-state index in [4.69, 9.17) is 0 Å². The minimum atomic E-state index is -0.0742. The Labute approximate surface area is 131 Å². The second-order valence-electron chi connectivity index (χ2n) is 6.47. The average molecular weight is 301 g/mol. The van der Waals surface area contributed by atoms with Gasteiger partial charge in [0.2, 0.25) is 5.91 Å². The van der Waals surface area contributed by atoms with Gasteiger partial charge in [0.05, 0.1) is 11.5 Å². The number of aromatic nitrogens is 1. The Balaban J connectivity index is 1.58. The van der Waals surface area contributed by atoms with Gasteiger partial charge in [-0.1, -0.05) is 0 Å². The first-order chi connectivity index (χ1) is 10.6. The lowest BCUT2D eigenvalue weighted by molar-refractivity contribution is -0.126. The molecule has 5 heteroatoms. The van der Waals surface area contributed by atoms with Crippen LogP contribution in [0, 0.1) is 18.8 Å². The molecule has 22 heavy (non-hydrogen) atoms. The molecule has 0 radical (unpaired) electrons. The van der Waals surface area contributed by atoms with Gasteiger partial charge in [0.15, 0.2) is 0 Å². The van der Waals surface area contributed by atoms with Crippen molar-refractivity contribution in [3.05, 3.63) is 29.6 Å². The highest BCUT2D eigenvalue weighted by Gasteiger charge is 2.30. The Morgan fingerprint density at radius 2 is 2.14 bits per heavy atom. The molecule has 5 nitrogen and oxygen atoms in total. The van der Waals surface area contributed by atoms with Crippen molar-refractivity contribution in [1.29, 1.82) is 0 Å². The quantitative estimate of drug-likeness (QED) is 0.922. The molecule has 1 aromatic rings. The van der Waals surface area contributed by atoms with E-state index in [9.17, 15) is 9.59 Å². The minimum Gasteiger partial charge on any atom is -0.356 e. The first kappa shape index (κ1) is 15.0. The summed E-state index contributed by atoms with van der Waals surface area (Å²) in [5.41, 5.74) is 1.50. The van der Waals surface area contributed by atoms with Crippen LogP contribution in [-0.4, -0.2) is 41.3 Å². The van der Waals surface area contributed by atoms with E-state index in [1.165, 1.54) is 12.8 Å². The van der Waals surface area contributed by atoms with Crippen LogP contribution in [-0.2, 0) is 4.79 Å². The third-order valence-corrected chi connectivity index (χ3v) is 4.50. The second kappa shape index (κ2) is 6.46. The van der Waals surface area contributed by atoms with Crippen LogP contribution < -0.4 is 5.32 Å². The first-order valence-electron chi connectivity index (χ1n) is 8.13. The van der Waals surface area contributed by atoms with Crippen LogP contribution in [0.15, 0.2) is 18.3 Å². The Morgan fingerprint density at radius 3 is 2.82 bits per heavy atom. The molecule has 1 saturated heterocycles. The van der Waals surface area contributed by atoms with Crippen molar-refractivity contribution in [2.75, 3.05) is 19.6 Å². The summed E-state index contributed by atoms with van der Waals surface area (Å²) >= 11 is 0. The minimum absolute atomic E-state index is 0.0211. The maximum absolute atomic E-state index is 12.5. The highest BCUT2D eigenvalue weighted by molar-refractivity contribution is 5.94. The molecule has 3 rings (SSSR count). The van der Waals surface area contributed by atoms with E-state index in [-0.39, 0.29) is 17.7 Å². The molecule has 1 aromatic heterocycles. The summed E-state index contributed by atoms with van der Waals surface area (Å²) < 4.78 is 0. The number of rotatable bonds is 4. The smallest absolute Gasteiger partial charge is 0.255 e. The monoisotopic (exact) mass is 301 g/mol. The number of hydrogen-bond donors (Lipinski definition) is 1. The topological polar surface area (TPSA) is 62.3 Å². The molecule has 2 fully saturated rings. The Bertz CT molecular complexity index is 552. The number of likely N-dealkylation sites (tertiary alicyclic amines) is 1. The van der Waals surface area contributed by atoms with Crippen molar-refractivity contribution in [2.24, 2.45) is 11.8 Å². The fraction of sp³-hybridized carbons (Fsp3) is 0.588.